The molecule has 4 aromatic heterocycles. The molecule has 11 nitrogen and oxygen atoms in total. The van der Waals surface area contributed by atoms with Crippen LogP contribution < -0.4 is 11.3 Å². The van der Waals surface area contributed by atoms with Crippen LogP contribution in [0.3, 0.4) is 0 Å². The molecule has 0 saturated heterocycles. The fourth-order valence-electron chi connectivity index (χ4n) is 5.66. The summed E-state index contributed by atoms with van der Waals surface area (Å²) >= 11 is 12.3. The summed E-state index contributed by atoms with van der Waals surface area (Å²) in [5.41, 5.74) is 7.91. The molecule has 0 amide bonds. The lowest BCUT2D eigenvalue weighted by molar-refractivity contribution is 0.444. The zero-order valence-electron chi connectivity index (χ0n) is 20.2. The normalized spacial score (nSPS) is 19.2. The highest BCUT2D eigenvalue weighted by molar-refractivity contribution is 6.31. The van der Waals surface area contributed by atoms with Crippen molar-refractivity contribution in [3.63, 3.8) is 0 Å². The Morgan fingerprint density at radius 2 is 2.02 bits per heavy atom. The van der Waals surface area contributed by atoms with Gasteiger partial charge in [-0.1, -0.05) is 33.6 Å². The molecule has 3 unspecified atom stereocenters. The standard InChI is InChI=1S/C26H16Cl2FN9O2/c27-10-1-4-18(37-9-19(28)34-36-37)15(5-10)16-7-20(39)38-22(13-6-14(13)26(38)33-16)25-31-8-17(32-25)11-2-3-12-23(21(11)29)40-35-24(12)30/h1-5,7-9,13-14,22H,6H2,(H2,30,35)(H,31,32). The summed E-state index contributed by atoms with van der Waals surface area (Å²) in [6.07, 6.45) is 3.96. The van der Waals surface area contributed by atoms with E-state index in [4.69, 9.17) is 38.4 Å². The van der Waals surface area contributed by atoms with Gasteiger partial charge in [-0.3, -0.25) is 9.36 Å². The highest BCUT2D eigenvalue weighted by Gasteiger charge is 2.55. The van der Waals surface area contributed by atoms with E-state index < -0.39 is 5.82 Å². The summed E-state index contributed by atoms with van der Waals surface area (Å²) in [4.78, 5) is 26.2. The fourth-order valence-corrected chi connectivity index (χ4v) is 5.96. The van der Waals surface area contributed by atoms with E-state index in [0.29, 0.717) is 44.7 Å². The van der Waals surface area contributed by atoms with Crippen LogP contribution in [0.25, 0.3) is 39.2 Å². The molecular weight excluding hydrogens is 560 g/mol. The number of aromatic amines is 1. The molecule has 1 aliphatic heterocycles. The first kappa shape index (κ1) is 23.3. The average molecular weight is 576 g/mol. The molecule has 2 aliphatic rings. The summed E-state index contributed by atoms with van der Waals surface area (Å²) in [5, 5.41) is 12.6. The topological polar surface area (TPSA) is 146 Å². The van der Waals surface area contributed by atoms with Gasteiger partial charge in [0, 0.05) is 28.1 Å². The Labute approximate surface area is 233 Å². The van der Waals surface area contributed by atoms with Crippen molar-refractivity contribution in [3.8, 4) is 28.2 Å². The average Bonchev–Trinajstić information content (AvgIpc) is 3.29. The zero-order chi connectivity index (χ0) is 27.3. The predicted molar refractivity (Wildman–Crippen MR) is 144 cm³/mol. The van der Waals surface area contributed by atoms with Crippen molar-refractivity contribution in [3.05, 3.63) is 86.8 Å². The molecule has 8 rings (SSSR count). The minimum Gasteiger partial charge on any atom is -0.380 e. The number of nitrogens with two attached hydrogens (primary N) is 1. The number of nitrogens with zero attached hydrogens (tertiary/aromatic N) is 7. The Balaban J connectivity index is 1.20. The van der Waals surface area contributed by atoms with Crippen molar-refractivity contribution >= 4 is 40.0 Å². The Hall–Kier alpha value is -4.55. The van der Waals surface area contributed by atoms with Crippen LogP contribution >= 0.6 is 23.2 Å². The summed E-state index contributed by atoms with van der Waals surface area (Å²) in [5.74, 6) is 0.985. The molecule has 0 bridgehead atoms. The molecular formula is C26H16Cl2FN9O2. The Morgan fingerprint density at radius 1 is 1.15 bits per heavy atom. The van der Waals surface area contributed by atoms with Crippen molar-refractivity contribution in [1.29, 1.82) is 0 Å². The highest BCUT2D eigenvalue weighted by Crippen LogP contribution is 2.59. The van der Waals surface area contributed by atoms with Crippen molar-refractivity contribution in [2.75, 3.05) is 5.73 Å². The number of rotatable bonds is 4. The number of hydrogen-bond acceptors (Lipinski definition) is 8. The van der Waals surface area contributed by atoms with Crippen LogP contribution in [0, 0.1) is 11.7 Å². The van der Waals surface area contributed by atoms with Crippen molar-refractivity contribution in [1.82, 2.24) is 39.7 Å². The third-order valence-electron chi connectivity index (χ3n) is 7.56. The van der Waals surface area contributed by atoms with Gasteiger partial charge in [0.15, 0.2) is 16.8 Å². The number of fused-ring (bicyclic) bond motifs is 4. The molecule has 2 aromatic carbocycles. The first-order chi connectivity index (χ1) is 19.4. The number of nitrogen functional groups attached to an aromatic ring is 1. The van der Waals surface area contributed by atoms with E-state index in [9.17, 15) is 4.79 Å². The van der Waals surface area contributed by atoms with Gasteiger partial charge < -0.3 is 15.2 Å². The van der Waals surface area contributed by atoms with Crippen LogP contribution in [0.5, 0.6) is 0 Å². The lowest BCUT2D eigenvalue weighted by atomic mass is 10.1. The molecule has 14 heteroatoms. The van der Waals surface area contributed by atoms with E-state index in [1.165, 1.54) is 10.7 Å². The second-order valence-electron chi connectivity index (χ2n) is 9.86. The molecule has 3 atom stereocenters. The molecule has 3 N–H and O–H groups in total. The maximum Gasteiger partial charge on any atom is 0.254 e. The molecule has 5 heterocycles. The SMILES string of the molecule is Nc1noc2c(F)c(-c3cnc(C4C5CC5c5nc(-c6cc(Cl)ccc6-n6cc(Cl)nn6)cc(=O)n54)[nH]3)ccc12. The minimum absolute atomic E-state index is 0.0267. The van der Waals surface area contributed by atoms with E-state index in [1.807, 2.05) is 0 Å². The van der Waals surface area contributed by atoms with Gasteiger partial charge in [-0.25, -0.2) is 19.0 Å². The van der Waals surface area contributed by atoms with Crippen LogP contribution in [0.15, 0.2) is 58.1 Å². The van der Waals surface area contributed by atoms with Crippen LogP contribution in [-0.2, 0) is 0 Å². The van der Waals surface area contributed by atoms with E-state index in [0.717, 1.165) is 6.42 Å². The quantitative estimate of drug-likeness (QED) is 0.306. The Bertz CT molecular complexity index is 2060. The maximum atomic E-state index is 15.2. The molecule has 1 saturated carbocycles. The lowest BCUT2D eigenvalue weighted by Gasteiger charge is -2.17. The van der Waals surface area contributed by atoms with E-state index >= 15 is 4.39 Å². The smallest absolute Gasteiger partial charge is 0.254 e. The molecule has 0 spiro atoms. The van der Waals surface area contributed by atoms with Gasteiger partial charge in [0.05, 0.1) is 40.9 Å². The van der Waals surface area contributed by atoms with Crippen molar-refractivity contribution in [2.45, 2.75) is 18.4 Å². The predicted octanol–water partition coefficient (Wildman–Crippen LogP) is 4.76. The van der Waals surface area contributed by atoms with E-state index in [-0.39, 0.29) is 45.6 Å². The number of nitrogens with one attached hydrogen (secondary N) is 1. The zero-order valence-corrected chi connectivity index (χ0v) is 21.7. The fraction of sp³-hybridized carbons (Fsp3) is 0.154. The monoisotopic (exact) mass is 575 g/mol. The third kappa shape index (κ3) is 3.36. The molecule has 40 heavy (non-hydrogen) atoms. The van der Waals surface area contributed by atoms with Crippen molar-refractivity contribution < 1.29 is 8.91 Å². The Kier molecular flexibility index (Phi) is 4.80. The number of hydrogen-bond donors (Lipinski definition) is 2. The van der Waals surface area contributed by atoms with Gasteiger partial charge in [-0.2, -0.15) is 0 Å². The van der Waals surface area contributed by atoms with Crippen molar-refractivity contribution in [2.24, 2.45) is 5.92 Å². The van der Waals surface area contributed by atoms with Crippen LogP contribution in [0.4, 0.5) is 10.2 Å². The number of imidazole rings is 1. The minimum atomic E-state index is -0.595. The summed E-state index contributed by atoms with van der Waals surface area (Å²) in [6.45, 7) is 0. The number of benzene rings is 2. The Morgan fingerprint density at radius 3 is 2.85 bits per heavy atom. The largest absolute Gasteiger partial charge is 0.380 e. The number of aromatic nitrogens is 8. The number of H-pyrrole nitrogens is 1. The number of halogens is 3. The number of anilines is 1. The maximum absolute atomic E-state index is 15.2. The van der Waals surface area contributed by atoms with Crippen LogP contribution in [-0.4, -0.2) is 39.7 Å². The van der Waals surface area contributed by atoms with E-state index in [2.05, 4.69) is 25.4 Å². The second-order valence-corrected chi connectivity index (χ2v) is 10.7. The summed E-state index contributed by atoms with van der Waals surface area (Å²) < 4.78 is 23.4. The summed E-state index contributed by atoms with van der Waals surface area (Å²) in [6, 6.07) is 9.57. The highest BCUT2D eigenvalue weighted by atomic mass is 35.5. The molecule has 0 radical (unpaired) electrons. The lowest BCUT2D eigenvalue weighted by Crippen LogP contribution is -2.27. The van der Waals surface area contributed by atoms with E-state index in [1.54, 1.807) is 47.3 Å². The van der Waals surface area contributed by atoms with Gasteiger partial charge in [-0.05, 0) is 42.7 Å². The van der Waals surface area contributed by atoms with Gasteiger partial charge in [0.25, 0.3) is 5.56 Å². The molecule has 1 fully saturated rings. The van der Waals surface area contributed by atoms with Gasteiger partial charge in [0.2, 0.25) is 5.58 Å². The third-order valence-corrected chi connectivity index (χ3v) is 7.96. The van der Waals surface area contributed by atoms with Gasteiger partial charge in [-0.15, -0.1) is 5.10 Å². The molecule has 198 valence electrons. The molecule has 1 aliphatic carbocycles. The van der Waals surface area contributed by atoms with Gasteiger partial charge in [0.1, 0.15) is 11.6 Å². The first-order valence-corrected chi connectivity index (χ1v) is 13.0. The van der Waals surface area contributed by atoms with Crippen LogP contribution in [0.2, 0.25) is 10.2 Å². The summed E-state index contributed by atoms with van der Waals surface area (Å²) in [7, 11) is 0. The second kappa shape index (κ2) is 8.23. The first-order valence-electron chi connectivity index (χ1n) is 12.3. The molecule has 6 aromatic rings. The van der Waals surface area contributed by atoms with Gasteiger partial charge >= 0.3 is 0 Å². The van der Waals surface area contributed by atoms with Crippen LogP contribution in [0.1, 0.15) is 30.0 Å².